The lowest BCUT2D eigenvalue weighted by Crippen LogP contribution is -2.50. The van der Waals surface area contributed by atoms with Crippen molar-refractivity contribution in [3.8, 4) is 22.5 Å². The largest absolute Gasteiger partial charge is 0.444 e. The second kappa shape index (κ2) is 16.3. The molecule has 58 heavy (non-hydrogen) atoms. The number of amides is 1. The third kappa shape index (κ3) is 8.08. The topological polar surface area (TPSA) is 145 Å². The quantitative estimate of drug-likeness (QED) is 0.177. The highest BCUT2D eigenvalue weighted by Gasteiger charge is 2.26. The predicted octanol–water partition coefficient (Wildman–Crippen LogP) is 8.82. The summed E-state index contributed by atoms with van der Waals surface area (Å²) in [6.07, 6.45) is 18.4. The highest BCUT2D eigenvalue weighted by atomic mass is 35.5. The van der Waals surface area contributed by atoms with Crippen molar-refractivity contribution in [2.75, 3.05) is 49.1 Å². The molecule has 0 atom stereocenters. The molecule has 0 aliphatic carbocycles. The predicted molar refractivity (Wildman–Crippen MR) is 233 cm³/mol. The molecule has 0 radical (unpaired) electrons. The molecule has 8 aromatic heterocycles. The minimum Gasteiger partial charge on any atom is -0.444 e. The second-order valence-electron chi connectivity index (χ2n) is 15.6. The Morgan fingerprint density at radius 2 is 1.10 bits per heavy atom. The van der Waals surface area contributed by atoms with Gasteiger partial charge in [0.25, 0.3) is 0 Å². The van der Waals surface area contributed by atoms with Gasteiger partial charge >= 0.3 is 6.09 Å². The fourth-order valence-electron chi connectivity index (χ4n) is 7.64. The van der Waals surface area contributed by atoms with Gasteiger partial charge in [0, 0.05) is 96.7 Å². The Bertz CT molecular complexity index is 2680. The summed E-state index contributed by atoms with van der Waals surface area (Å²) in [4.78, 5) is 52.4. The molecule has 0 spiro atoms. The number of nitrogens with zero attached hydrogens (tertiary/aromatic N) is 9. The SMILES string of the molecule is CC(C)(C)OC(=O)N1CCN(c2cnc3[nH]c4cnc(-c5cccnc5)cc4c3c2)CC1.Cl.c1cncc(-c2cc3c(cn2)[nH]c2ncc(N4CCCCC4)cc23)c1. The number of aromatic amines is 2. The number of carbonyl (C=O) groups excluding carboxylic acids is 1. The maximum absolute atomic E-state index is 12.4. The molecule has 1 amide bonds. The van der Waals surface area contributed by atoms with E-state index in [2.05, 4.69) is 73.9 Å². The molecule has 2 fully saturated rings. The van der Waals surface area contributed by atoms with Gasteiger partial charge in [-0.25, -0.2) is 14.8 Å². The number of H-pyrrole nitrogens is 2. The number of fused-ring (bicyclic) bond motifs is 6. The summed E-state index contributed by atoms with van der Waals surface area (Å²) >= 11 is 0. The Morgan fingerprint density at radius 1 is 0.603 bits per heavy atom. The maximum Gasteiger partial charge on any atom is 0.410 e. The van der Waals surface area contributed by atoms with Crippen LogP contribution < -0.4 is 9.80 Å². The standard InChI is InChI=1S/C24H26N6O2.C20H19N5.ClH/c1-24(2,3)32-23(31)30-9-7-29(8-10-30)17-11-19-18-12-20(16-5-4-6-25-13-16)26-15-21(18)28-22(19)27-14-17;1-2-7-25(8-3-1)15-9-17-16-10-18(14-5-4-6-21-11-14)22-13-19(16)24-20(17)23-12-15;/h4-6,11-15H,7-10H2,1-3H3,(H,27,28);4-6,9-13H,1-3,7-8H2,(H,23,24);1H. The van der Waals surface area contributed by atoms with Crippen molar-refractivity contribution in [3.05, 3.63) is 98.1 Å². The first-order valence-corrected chi connectivity index (χ1v) is 19.6. The number of halogens is 1. The first-order valence-electron chi connectivity index (χ1n) is 19.6. The molecule has 13 nitrogen and oxygen atoms in total. The lowest BCUT2D eigenvalue weighted by molar-refractivity contribution is 0.0240. The molecule has 0 aromatic carbocycles. The minimum atomic E-state index is -0.484. The van der Waals surface area contributed by atoms with E-state index in [1.54, 1.807) is 17.3 Å². The van der Waals surface area contributed by atoms with Gasteiger partial charge in [-0.3, -0.25) is 19.9 Å². The first-order chi connectivity index (χ1) is 27.8. The zero-order valence-electron chi connectivity index (χ0n) is 32.9. The number of pyridine rings is 6. The van der Waals surface area contributed by atoms with Crippen molar-refractivity contribution < 1.29 is 9.53 Å². The van der Waals surface area contributed by atoms with E-state index in [-0.39, 0.29) is 18.5 Å². The Labute approximate surface area is 342 Å². The van der Waals surface area contributed by atoms with Crippen molar-refractivity contribution in [1.82, 2.24) is 44.8 Å². The third-order valence-electron chi connectivity index (χ3n) is 10.6. The van der Waals surface area contributed by atoms with Gasteiger partial charge in [-0.2, -0.15) is 0 Å². The van der Waals surface area contributed by atoms with Crippen molar-refractivity contribution in [1.29, 1.82) is 0 Å². The lowest BCUT2D eigenvalue weighted by Gasteiger charge is -2.36. The van der Waals surface area contributed by atoms with E-state index in [4.69, 9.17) is 4.74 Å². The van der Waals surface area contributed by atoms with Crippen LogP contribution in [0.15, 0.2) is 98.1 Å². The third-order valence-corrected chi connectivity index (χ3v) is 10.6. The van der Waals surface area contributed by atoms with Gasteiger partial charge in [0.05, 0.1) is 58.6 Å². The van der Waals surface area contributed by atoms with Gasteiger partial charge in [-0.15, -0.1) is 12.4 Å². The highest BCUT2D eigenvalue weighted by Crippen LogP contribution is 2.32. The molecule has 10 rings (SSSR count). The summed E-state index contributed by atoms with van der Waals surface area (Å²) in [6.45, 7) is 10.6. The average molecular weight is 796 g/mol. The van der Waals surface area contributed by atoms with Crippen molar-refractivity contribution in [2.45, 2.75) is 45.6 Å². The summed E-state index contributed by atoms with van der Waals surface area (Å²) in [5, 5.41) is 4.45. The van der Waals surface area contributed by atoms with E-state index in [9.17, 15) is 4.79 Å². The molecule has 0 bridgehead atoms. The summed E-state index contributed by atoms with van der Waals surface area (Å²) < 4.78 is 5.50. The van der Waals surface area contributed by atoms with E-state index >= 15 is 0 Å². The molecule has 14 heteroatoms. The smallest absolute Gasteiger partial charge is 0.410 e. The highest BCUT2D eigenvalue weighted by molar-refractivity contribution is 6.08. The first kappa shape index (κ1) is 38.5. The maximum atomic E-state index is 12.4. The molecular weight excluding hydrogens is 750 g/mol. The van der Waals surface area contributed by atoms with E-state index in [1.165, 1.54) is 24.9 Å². The molecular formula is C44H46ClN11O2. The van der Waals surface area contributed by atoms with Crippen LogP contribution in [0.5, 0.6) is 0 Å². The van der Waals surface area contributed by atoms with E-state index < -0.39 is 5.60 Å². The molecule has 2 N–H and O–H groups in total. The average Bonchev–Trinajstić information content (AvgIpc) is 3.81. The number of ether oxygens (including phenoxy) is 1. The number of hydrogen-bond acceptors (Lipinski definition) is 10. The fraction of sp³-hybridized carbons (Fsp3) is 0.295. The Kier molecular flexibility index (Phi) is 10.8. The van der Waals surface area contributed by atoms with Gasteiger partial charge in [0.15, 0.2) is 0 Å². The summed E-state index contributed by atoms with van der Waals surface area (Å²) in [5.41, 5.74) is 9.31. The molecule has 0 unspecified atom stereocenters. The van der Waals surface area contributed by atoms with Crippen molar-refractivity contribution in [2.24, 2.45) is 0 Å². The van der Waals surface area contributed by atoms with Crippen LogP contribution in [0.4, 0.5) is 16.2 Å². The summed E-state index contributed by atoms with van der Waals surface area (Å²) in [5.74, 6) is 0. The lowest BCUT2D eigenvalue weighted by atomic mass is 10.1. The van der Waals surface area contributed by atoms with Crippen LogP contribution in [0.25, 0.3) is 66.4 Å². The van der Waals surface area contributed by atoms with Crippen molar-refractivity contribution >= 4 is 73.7 Å². The van der Waals surface area contributed by atoms with Crippen LogP contribution in [0.3, 0.4) is 0 Å². The van der Waals surface area contributed by atoms with E-state index in [0.29, 0.717) is 13.1 Å². The second-order valence-corrected chi connectivity index (χ2v) is 15.6. The number of hydrogen-bond donors (Lipinski definition) is 2. The van der Waals surface area contributed by atoms with Crippen LogP contribution in [0, 0.1) is 0 Å². The van der Waals surface area contributed by atoms with Gasteiger partial charge in [-0.1, -0.05) is 0 Å². The number of carbonyl (C=O) groups is 1. The zero-order valence-corrected chi connectivity index (χ0v) is 33.7. The molecule has 0 saturated carbocycles. The van der Waals surface area contributed by atoms with Crippen LogP contribution in [-0.4, -0.2) is 95.7 Å². The van der Waals surface area contributed by atoms with Crippen LogP contribution in [0.2, 0.25) is 0 Å². The molecule has 296 valence electrons. The summed E-state index contributed by atoms with van der Waals surface area (Å²) in [6, 6.07) is 16.5. The number of rotatable bonds is 4. The Morgan fingerprint density at radius 3 is 1.57 bits per heavy atom. The fourth-order valence-corrected chi connectivity index (χ4v) is 7.64. The zero-order chi connectivity index (χ0) is 38.9. The molecule has 2 aliphatic heterocycles. The van der Waals surface area contributed by atoms with Gasteiger partial charge in [0.1, 0.15) is 16.9 Å². The molecule has 2 saturated heterocycles. The number of nitrogens with one attached hydrogen (secondary N) is 2. The number of aromatic nitrogens is 8. The minimum absolute atomic E-state index is 0. The van der Waals surface area contributed by atoms with Crippen LogP contribution in [-0.2, 0) is 4.74 Å². The Hall–Kier alpha value is -6.34. The van der Waals surface area contributed by atoms with Crippen LogP contribution >= 0.6 is 12.4 Å². The normalized spacial score (nSPS) is 14.7. The monoisotopic (exact) mass is 795 g/mol. The molecule has 10 heterocycles. The number of anilines is 2. The summed E-state index contributed by atoms with van der Waals surface area (Å²) in [7, 11) is 0. The molecule has 8 aromatic rings. The number of piperazine rings is 1. The van der Waals surface area contributed by atoms with Crippen LogP contribution in [0.1, 0.15) is 40.0 Å². The van der Waals surface area contributed by atoms with E-state index in [0.717, 1.165) is 98.3 Å². The Balaban J connectivity index is 0.000000163. The van der Waals surface area contributed by atoms with Crippen molar-refractivity contribution in [3.63, 3.8) is 0 Å². The van der Waals surface area contributed by atoms with Gasteiger partial charge in [-0.05, 0) is 88.6 Å². The van der Waals surface area contributed by atoms with Gasteiger partial charge < -0.3 is 29.4 Å². The van der Waals surface area contributed by atoms with E-state index in [1.807, 2.05) is 82.2 Å². The number of piperidine rings is 1. The van der Waals surface area contributed by atoms with Gasteiger partial charge in [0.2, 0.25) is 0 Å². The molecule has 2 aliphatic rings.